The summed E-state index contributed by atoms with van der Waals surface area (Å²) in [5.41, 5.74) is 2.38. The Morgan fingerprint density at radius 2 is 1.66 bits per heavy atom. The highest BCUT2D eigenvalue weighted by Crippen LogP contribution is 2.26. The molecule has 5 heteroatoms. The normalized spacial score (nSPS) is 10.8. The lowest BCUT2D eigenvalue weighted by molar-refractivity contribution is 0.0984. The first-order valence-electron chi connectivity index (χ1n) is 9.45. The number of anilines is 1. The maximum Gasteiger partial charge on any atom is 0.258 e. The molecule has 0 unspecified atom stereocenters. The van der Waals surface area contributed by atoms with Crippen LogP contribution in [0.3, 0.4) is 0 Å². The maximum atomic E-state index is 12.8. The SMILES string of the molecule is Cc1nc(NC(=O)c2cccc3ccccc23)sc1C(=O)CCc1ccccc1. The quantitative estimate of drug-likeness (QED) is 0.424. The Kier molecular flexibility index (Phi) is 5.49. The second-order valence-corrected chi connectivity index (χ2v) is 7.82. The molecular weight excluding hydrogens is 380 g/mol. The molecule has 1 N–H and O–H groups in total. The van der Waals surface area contributed by atoms with E-state index in [2.05, 4.69) is 10.3 Å². The van der Waals surface area contributed by atoms with E-state index in [-0.39, 0.29) is 11.7 Å². The van der Waals surface area contributed by atoms with Gasteiger partial charge in [0.25, 0.3) is 5.91 Å². The van der Waals surface area contributed by atoms with Crippen LogP contribution in [0.2, 0.25) is 0 Å². The maximum absolute atomic E-state index is 12.8. The molecule has 0 aliphatic heterocycles. The summed E-state index contributed by atoms with van der Waals surface area (Å²) in [7, 11) is 0. The molecule has 0 aliphatic carbocycles. The lowest BCUT2D eigenvalue weighted by Crippen LogP contribution is -2.12. The number of ketones is 1. The predicted octanol–water partition coefficient (Wildman–Crippen LogP) is 5.67. The summed E-state index contributed by atoms with van der Waals surface area (Å²) >= 11 is 1.24. The van der Waals surface area contributed by atoms with Gasteiger partial charge in [-0.05, 0) is 35.7 Å². The van der Waals surface area contributed by atoms with Crippen LogP contribution in [0, 0.1) is 6.92 Å². The number of amides is 1. The fourth-order valence-corrected chi connectivity index (χ4v) is 4.24. The fraction of sp³-hybridized carbons (Fsp3) is 0.125. The van der Waals surface area contributed by atoms with Gasteiger partial charge in [0.1, 0.15) is 0 Å². The predicted molar refractivity (Wildman–Crippen MR) is 118 cm³/mol. The van der Waals surface area contributed by atoms with Crippen molar-refractivity contribution in [3.8, 4) is 0 Å². The minimum atomic E-state index is -0.223. The van der Waals surface area contributed by atoms with Crippen LogP contribution < -0.4 is 5.32 Å². The average Bonchev–Trinajstić information content (AvgIpc) is 3.12. The number of Topliss-reactive ketones (excluding diaryl/α,β-unsaturated/α-hetero) is 1. The minimum absolute atomic E-state index is 0.0505. The minimum Gasteiger partial charge on any atom is -0.298 e. The summed E-state index contributed by atoms with van der Waals surface area (Å²) in [5.74, 6) is -0.173. The Morgan fingerprint density at radius 3 is 2.48 bits per heavy atom. The summed E-state index contributed by atoms with van der Waals surface area (Å²) < 4.78 is 0. The number of thiazole rings is 1. The van der Waals surface area contributed by atoms with Crippen molar-refractivity contribution in [2.24, 2.45) is 0 Å². The molecule has 1 amide bonds. The summed E-state index contributed by atoms with van der Waals surface area (Å²) in [6.07, 6.45) is 1.11. The summed E-state index contributed by atoms with van der Waals surface area (Å²) in [5, 5.41) is 5.20. The molecule has 0 spiro atoms. The Labute approximate surface area is 173 Å². The zero-order chi connectivity index (χ0) is 20.2. The van der Waals surface area contributed by atoms with Gasteiger partial charge in [-0.1, -0.05) is 78.1 Å². The van der Waals surface area contributed by atoms with E-state index in [4.69, 9.17) is 0 Å². The van der Waals surface area contributed by atoms with Crippen molar-refractivity contribution < 1.29 is 9.59 Å². The topological polar surface area (TPSA) is 59.1 Å². The molecule has 1 aromatic heterocycles. The van der Waals surface area contributed by atoms with Crippen molar-refractivity contribution in [2.75, 3.05) is 5.32 Å². The van der Waals surface area contributed by atoms with Crippen molar-refractivity contribution in [2.45, 2.75) is 19.8 Å². The number of hydrogen-bond acceptors (Lipinski definition) is 4. The zero-order valence-electron chi connectivity index (χ0n) is 16.0. The largest absolute Gasteiger partial charge is 0.298 e. The molecule has 3 aromatic carbocycles. The van der Waals surface area contributed by atoms with E-state index in [0.717, 1.165) is 16.3 Å². The molecule has 0 fully saturated rings. The molecule has 4 aromatic rings. The number of carbonyl (C=O) groups excluding carboxylic acids is 2. The van der Waals surface area contributed by atoms with E-state index in [0.29, 0.717) is 34.1 Å². The molecule has 29 heavy (non-hydrogen) atoms. The molecule has 144 valence electrons. The van der Waals surface area contributed by atoms with Crippen LogP contribution in [0.4, 0.5) is 5.13 Å². The highest BCUT2D eigenvalue weighted by molar-refractivity contribution is 7.17. The van der Waals surface area contributed by atoms with Crippen LogP contribution >= 0.6 is 11.3 Å². The van der Waals surface area contributed by atoms with Gasteiger partial charge in [0, 0.05) is 12.0 Å². The monoisotopic (exact) mass is 400 g/mol. The molecule has 4 rings (SSSR count). The summed E-state index contributed by atoms with van der Waals surface area (Å²) in [6, 6.07) is 23.3. The molecule has 0 saturated heterocycles. The van der Waals surface area contributed by atoms with Crippen molar-refractivity contribution in [1.29, 1.82) is 0 Å². The van der Waals surface area contributed by atoms with E-state index in [1.165, 1.54) is 11.3 Å². The first kappa shape index (κ1) is 19.0. The zero-order valence-corrected chi connectivity index (χ0v) is 16.8. The summed E-state index contributed by atoms with van der Waals surface area (Å²) in [4.78, 5) is 30.4. The third-order valence-electron chi connectivity index (χ3n) is 4.79. The van der Waals surface area contributed by atoms with Crippen LogP contribution in [-0.2, 0) is 6.42 Å². The van der Waals surface area contributed by atoms with Gasteiger partial charge in [0.2, 0.25) is 0 Å². The van der Waals surface area contributed by atoms with E-state index >= 15 is 0 Å². The first-order valence-corrected chi connectivity index (χ1v) is 10.3. The number of nitrogens with zero attached hydrogens (tertiary/aromatic N) is 1. The second-order valence-electron chi connectivity index (χ2n) is 6.82. The fourth-order valence-electron chi connectivity index (χ4n) is 3.31. The molecule has 0 aliphatic rings. The Bertz CT molecular complexity index is 1180. The Morgan fingerprint density at radius 1 is 0.931 bits per heavy atom. The molecular formula is C24H20N2O2S. The second kappa shape index (κ2) is 8.37. The van der Waals surface area contributed by atoms with Crippen LogP contribution in [0.25, 0.3) is 10.8 Å². The first-order chi connectivity index (χ1) is 14.1. The van der Waals surface area contributed by atoms with E-state index in [1.807, 2.05) is 66.7 Å². The molecule has 0 atom stereocenters. The van der Waals surface area contributed by atoms with Crippen LogP contribution in [0.15, 0.2) is 72.8 Å². The van der Waals surface area contributed by atoms with Crippen LogP contribution in [0.5, 0.6) is 0 Å². The van der Waals surface area contributed by atoms with Crippen molar-refractivity contribution in [3.05, 3.63) is 94.5 Å². The molecule has 0 bridgehead atoms. The van der Waals surface area contributed by atoms with Gasteiger partial charge in [-0.2, -0.15) is 0 Å². The van der Waals surface area contributed by atoms with E-state index < -0.39 is 0 Å². The lowest BCUT2D eigenvalue weighted by atomic mass is 10.0. The number of benzene rings is 3. The van der Waals surface area contributed by atoms with Gasteiger partial charge >= 0.3 is 0 Å². The third-order valence-corrected chi connectivity index (χ3v) is 5.90. The third kappa shape index (κ3) is 4.25. The number of rotatable bonds is 6. The number of nitrogens with one attached hydrogen (secondary N) is 1. The van der Waals surface area contributed by atoms with Gasteiger partial charge in [-0.15, -0.1) is 0 Å². The van der Waals surface area contributed by atoms with Gasteiger partial charge in [0.15, 0.2) is 10.9 Å². The van der Waals surface area contributed by atoms with E-state index in [1.54, 1.807) is 13.0 Å². The number of aromatic nitrogens is 1. The molecule has 0 radical (unpaired) electrons. The molecule has 4 nitrogen and oxygen atoms in total. The van der Waals surface area contributed by atoms with Gasteiger partial charge < -0.3 is 0 Å². The van der Waals surface area contributed by atoms with Gasteiger partial charge in [-0.3, -0.25) is 14.9 Å². The number of carbonyl (C=O) groups is 2. The van der Waals surface area contributed by atoms with Crippen molar-refractivity contribution >= 4 is 38.9 Å². The smallest absolute Gasteiger partial charge is 0.258 e. The average molecular weight is 401 g/mol. The van der Waals surface area contributed by atoms with Crippen LogP contribution in [0.1, 0.15) is 37.7 Å². The molecule has 1 heterocycles. The number of hydrogen-bond donors (Lipinski definition) is 1. The van der Waals surface area contributed by atoms with Gasteiger partial charge in [0.05, 0.1) is 10.6 Å². The number of aryl methyl sites for hydroxylation is 2. The highest BCUT2D eigenvalue weighted by atomic mass is 32.1. The van der Waals surface area contributed by atoms with Crippen LogP contribution in [-0.4, -0.2) is 16.7 Å². The lowest BCUT2D eigenvalue weighted by Gasteiger charge is -2.05. The molecule has 0 saturated carbocycles. The van der Waals surface area contributed by atoms with Crippen molar-refractivity contribution in [3.63, 3.8) is 0 Å². The van der Waals surface area contributed by atoms with Gasteiger partial charge in [-0.25, -0.2) is 4.98 Å². The van der Waals surface area contributed by atoms with Crippen molar-refractivity contribution in [1.82, 2.24) is 4.98 Å². The highest BCUT2D eigenvalue weighted by Gasteiger charge is 2.18. The standard InChI is InChI=1S/C24H20N2O2S/c1-16-22(21(27)15-14-17-8-3-2-4-9-17)29-24(25-16)26-23(28)20-13-7-11-18-10-5-6-12-19(18)20/h2-13H,14-15H2,1H3,(H,25,26,28). The van der Waals surface area contributed by atoms with E-state index in [9.17, 15) is 9.59 Å². The Hall–Kier alpha value is -3.31. The Balaban J connectivity index is 1.49. The summed E-state index contributed by atoms with van der Waals surface area (Å²) in [6.45, 7) is 1.81. The number of fused-ring (bicyclic) bond motifs is 1.